The number of nitrogens with one attached hydrogen (secondary N) is 2. The first-order valence-electron chi connectivity index (χ1n) is 18.4. The zero-order chi connectivity index (χ0) is 47.5. The number of nitrogens with zero attached hydrogens (tertiary/aromatic N) is 4. The quantitative estimate of drug-likeness (QED) is 0.0554. The second-order valence-corrected chi connectivity index (χ2v) is 19.9. The van der Waals surface area contributed by atoms with E-state index in [1.54, 1.807) is 0 Å². The van der Waals surface area contributed by atoms with E-state index in [4.69, 9.17) is 0 Å². The molecule has 2 amide bonds. The van der Waals surface area contributed by atoms with Crippen molar-refractivity contribution in [2.24, 2.45) is 20.5 Å². The van der Waals surface area contributed by atoms with Crippen LogP contribution in [0.25, 0.3) is 43.1 Å². The molecule has 0 bridgehead atoms. The first-order chi connectivity index (χ1) is 30.9. The number of aromatic hydroxyl groups is 2. The van der Waals surface area contributed by atoms with Gasteiger partial charge in [-0.2, -0.15) is 43.9 Å². The van der Waals surface area contributed by atoms with E-state index in [0.717, 1.165) is 24.3 Å². The van der Waals surface area contributed by atoms with Gasteiger partial charge in [0.2, 0.25) is 0 Å². The molecule has 0 aliphatic rings. The zero-order valence-corrected chi connectivity index (χ0v) is 43.2. The number of phenols is 2. The van der Waals surface area contributed by atoms with Crippen molar-refractivity contribution in [3.8, 4) is 11.5 Å². The van der Waals surface area contributed by atoms with E-state index in [2.05, 4.69) is 31.1 Å². The fourth-order valence-corrected chi connectivity index (χ4v) is 9.17. The van der Waals surface area contributed by atoms with Gasteiger partial charge in [-0.1, -0.05) is 24.3 Å². The Morgan fingerprint density at radius 1 is 0.412 bits per heavy atom. The van der Waals surface area contributed by atoms with Crippen LogP contribution in [0.15, 0.2) is 161 Å². The van der Waals surface area contributed by atoms with Crippen molar-refractivity contribution in [3.05, 3.63) is 121 Å². The van der Waals surface area contributed by atoms with Crippen LogP contribution >= 0.6 is 0 Å². The molecule has 0 atom stereocenters. The van der Waals surface area contributed by atoms with E-state index in [9.17, 15) is 66.9 Å². The Morgan fingerprint density at radius 3 is 1.12 bits per heavy atom. The van der Waals surface area contributed by atoms with Gasteiger partial charge in [0.05, 0.1) is 21.2 Å². The van der Waals surface area contributed by atoms with Gasteiger partial charge in [-0.25, -0.2) is 4.79 Å². The van der Waals surface area contributed by atoms with Crippen molar-refractivity contribution >= 4 is 124 Å². The van der Waals surface area contributed by atoms with E-state index in [-0.39, 0.29) is 135 Å². The van der Waals surface area contributed by atoms with E-state index < -0.39 is 79.2 Å². The number of urea groups is 1. The predicted molar refractivity (Wildman–Crippen MR) is 239 cm³/mol. The van der Waals surface area contributed by atoms with E-state index in [0.29, 0.717) is 21.5 Å². The average molecular weight is 1040 g/mol. The summed E-state index contributed by atoms with van der Waals surface area (Å²) >= 11 is 0. The molecule has 0 aliphatic heterocycles. The monoisotopic (exact) mass is 1030 g/mol. The fourth-order valence-electron chi connectivity index (χ4n) is 6.82. The standard InChI is InChI=1S/C41H28N6O15S4.K.Na/c48-39-33-11-7-27(15-25(33)19-35(65(57,58)59)37(39)46-44-29-5-1-23-17-31(63(51,52)53)9-3-21(23)13-29)42-41(50)43-28-8-12-34-26(16-28)20-36(66(60,61)62)38(40(34)49)47-45-30-6-2-24-18-32(64(54,55)56)10-4-22(24)14-30;;/h1-20,48-49H,(H2,42,43,50)(H,51,52,53)(H,54,55,56)(H,57,58,59)(H,60,61,62);;/q;2*+1. The number of fused-ring (bicyclic) bond motifs is 4. The van der Waals surface area contributed by atoms with Gasteiger partial charge in [-0.05, 0) is 129 Å². The van der Waals surface area contributed by atoms with Gasteiger partial charge in [-0.3, -0.25) is 18.2 Å². The van der Waals surface area contributed by atoms with Gasteiger partial charge in [-0.15, -0.1) is 10.2 Å². The van der Waals surface area contributed by atoms with Gasteiger partial charge < -0.3 is 20.8 Å². The Balaban J connectivity index is 0.00000381. The van der Waals surface area contributed by atoms with Gasteiger partial charge in [0, 0.05) is 22.1 Å². The Kier molecular flexibility index (Phi) is 15.3. The van der Waals surface area contributed by atoms with Gasteiger partial charge in [0.15, 0.2) is 11.5 Å². The largest absolute Gasteiger partial charge is 1.00 e. The van der Waals surface area contributed by atoms with Crippen LogP contribution in [-0.4, -0.2) is 68.1 Å². The van der Waals surface area contributed by atoms with Crippen LogP contribution in [0.5, 0.6) is 11.5 Å². The molecule has 0 spiro atoms. The number of azo groups is 2. The van der Waals surface area contributed by atoms with E-state index >= 15 is 0 Å². The normalized spacial score (nSPS) is 12.4. The maximum atomic E-state index is 13.1. The minimum Gasteiger partial charge on any atom is -0.505 e. The number of amides is 2. The summed E-state index contributed by atoms with van der Waals surface area (Å²) in [4.78, 5) is 10.8. The number of hydrogen-bond donors (Lipinski definition) is 8. The Hall–Kier alpha value is -4.85. The van der Waals surface area contributed by atoms with Crippen molar-refractivity contribution in [2.45, 2.75) is 19.6 Å². The van der Waals surface area contributed by atoms with Crippen LogP contribution in [0.2, 0.25) is 0 Å². The molecule has 0 aliphatic carbocycles. The molecule has 0 fully saturated rings. The maximum absolute atomic E-state index is 13.1. The molecule has 0 heterocycles. The van der Waals surface area contributed by atoms with Gasteiger partial charge in [0.25, 0.3) is 40.5 Å². The molecule has 0 aromatic heterocycles. The van der Waals surface area contributed by atoms with E-state index in [1.807, 2.05) is 0 Å². The van der Waals surface area contributed by atoms with Crippen LogP contribution < -0.4 is 91.6 Å². The smallest absolute Gasteiger partial charge is 0.505 e. The van der Waals surface area contributed by atoms with Crippen LogP contribution in [0.4, 0.5) is 38.9 Å². The Bertz CT molecular complexity index is 3700. The minimum atomic E-state index is -5.04. The molecule has 68 heavy (non-hydrogen) atoms. The molecule has 8 aromatic rings. The number of anilines is 2. The first kappa shape index (κ1) is 52.5. The molecule has 0 saturated heterocycles. The molecule has 8 aromatic carbocycles. The van der Waals surface area contributed by atoms with Gasteiger partial charge >= 0.3 is 87.0 Å². The molecule has 336 valence electrons. The summed E-state index contributed by atoms with van der Waals surface area (Å²) in [5, 5.41) is 45.0. The Labute approximate surface area is 449 Å². The molecule has 0 saturated carbocycles. The number of benzene rings is 8. The summed E-state index contributed by atoms with van der Waals surface area (Å²) in [6, 6.07) is 25.3. The SMILES string of the molecule is O=C(Nc1ccc2c(O)c(N=Nc3ccc4cc(S(=O)(=O)O)ccc4c3)c(S(=O)(=O)O)cc2c1)Nc1ccc2c(O)c(N=Nc3ccc4cc(S(=O)(=O)O)ccc4c3)c(S(=O)(=O)O)cc2c1.[K+].[Na+]. The van der Waals surface area contributed by atoms with Crippen LogP contribution in [-0.2, 0) is 40.5 Å². The van der Waals surface area contributed by atoms with Crippen LogP contribution in [0.1, 0.15) is 0 Å². The van der Waals surface area contributed by atoms with Crippen molar-refractivity contribution in [2.75, 3.05) is 10.6 Å². The molecule has 0 radical (unpaired) electrons. The summed E-state index contributed by atoms with van der Waals surface area (Å²) in [5.41, 5.74) is -0.812. The van der Waals surface area contributed by atoms with Crippen molar-refractivity contribution in [3.63, 3.8) is 0 Å². The third kappa shape index (κ3) is 11.4. The Morgan fingerprint density at radius 2 is 0.765 bits per heavy atom. The number of hydrogen-bond acceptors (Lipinski definition) is 15. The molecular weight excluding hydrogens is 1010 g/mol. The van der Waals surface area contributed by atoms with Crippen LogP contribution in [0, 0.1) is 0 Å². The van der Waals surface area contributed by atoms with Gasteiger partial charge in [0.1, 0.15) is 21.2 Å². The summed E-state index contributed by atoms with van der Waals surface area (Å²) in [6.45, 7) is 0. The average Bonchev–Trinajstić information content (AvgIpc) is 3.23. The molecule has 8 rings (SSSR count). The third-order valence-corrected chi connectivity index (χ3v) is 13.3. The summed E-state index contributed by atoms with van der Waals surface area (Å²) in [5.74, 6) is -1.39. The number of phenolic OH excluding ortho intramolecular Hbond substituents is 2. The second-order valence-electron chi connectivity index (χ2n) is 14.3. The minimum absolute atomic E-state index is 0. The topological polar surface area (TPSA) is 349 Å². The second kappa shape index (κ2) is 19.9. The molecule has 8 N–H and O–H groups in total. The number of carbonyl (C=O) groups is 1. The van der Waals surface area contributed by atoms with Crippen molar-refractivity contribution in [1.82, 2.24) is 0 Å². The van der Waals surface area contributed by atoms with E-state index in [1.165, 1.54) is 97.1 Å². The molecule has 21 nitrogen and oxygen atoms in total. The molecule has 27 heteroatoms. The third-order valence-electron chi connectivity index (χ3n) is 9.89. The fraction of sp³-hybridized carbons (Fsp3) is 0. The molecular formula is C41H28KN6NaO15S4+2. The van der Waals surface area contributed by atoms with Crippen molar-refractivity contribution < 1.29 is 148 Å². The first-order valence-corrected chi connectivity index (χ1v) is 24.2. The van der Waals surface area contributed by atoms with Crippen LogP contribution in [0.3, 0.4) is 0 Å². The zero-order valence-electron chi connectivity index (χ0n) is 34.8. The maximum Gasteiger partial charge on any atom is 1.00 e. The summed E-state index contributed by atoms with van der Waals surface area (Å²) in [6.07, 6.45) is 0. The summed E-state index contributed by atoms with van der Waals surface area (Å²) in [7, 11) is -19.0. The number of rotatable bonds is 10. The molecule has 0 unspecified atom stereocenters. The number of carbonyl (C=O) groups excluding carboxylic acids is 1. The van der Waals surface area contributed by atoms with Crippen molar-refractivity contribution in [1.29, 1.82) is 0 Å². The predicted octanol–water partition coefficient (Wildman–Crippen LogP) is 3.18. The summed E-state index contributed by atoms with van der Waals surface area (Å²) < 4.78 is 135.